The Labute approximate surface area is 159 Å². The van der Waals surface area contributed by atoms with E-state index in [1.54, 1.807) is 6.92 Å². The van der Waals surface area contributed by atoms with E-state index in [1.807, 2.05) is 36.6 Å². The highest BCUT2D eigenvalue weighted by Gasteiger charge is 2.13. The Morgan fingerprint density at radius 3 is 2.63 bits per heavy atom. The molecule has 0 aliphatic carbocycles. The maximum absolute atomic E-state index is 12.2. The average molecular weight is 384 g/mol. The van der Waals surface area contributed by atoms with Gasteiger partial charge in [0.2, 0.25) is 5.91 Å². The van der Waals surface area contributed by atoms with Crippen molar-refractivity contribution in [2.45, 2.75) is 26.7 Å². The number of thiazole rings is 1. The highest BCUT2D eigenvalue weighted by atomic mass is 32.1. The topological polar surface area (TPSA) is 96.9 Å². The standard InChI is InChI=1S/C19H20N4O3S/c1-11-4-6-13(7-5-11)15-10-27-18(21-15)22-16(24)9-8-14-12(2)20-19(26)23(3)17(14)25/h4-7,10H,8-9H2,1-3H3,(H,20,26)(H,21,22,24). The lowest BCUT2D eigenvalue weighted by Crippen LogP contribution is -2.36. The summed E-state index contributed by atoms with van der Waals surface area (Å²) in [6.45, 7) is 3.68. The molecule has 0 atom stereocenters. The summed E-state index contributed by atoms with van der Waals surface area (Å²) in [5, 5.41) is 5.17. The second-order valence-electron chi connectivity index (χ2n) is 6.35. The van der Waals surface area contributed by atoms with Gasteiger partial charge in [-0.1, -0.05) is 29.8 Å². The highest BCUT2D eigenvalue weighted by Crippen LogP contribution is 2.25. The number of aromatic amines is 1. The first-order valence-electron chi connectivity index (χ1n) is 8.46. The minimum Gasteiger partial charge on any atom is -0.311 e. The SMILES string of the molecule is Cc1ccc(-c2csc(NC(=O)CCc3c(C)[nH]c(=O)n(C)c3=O)n2)cc1. The van der Waals surface area contributed by atoms with Crippen molar-refractivity contribution in [2.24, 2.45) is 7.05 Å². The third-order valence-electron chi connectivity index (χ3n) is 4.31. The average Bonchev–Trinajstić information content (AvgIpc) is 3.08. The highest BCUT2D eigenvalue weighted by molar-refractivity contribution is 7.14. The van der Waals surface area contributed by atoms with Crippen molar-refractivity contribution in [3.05, 3.63) is 67.3 Å². The molecule has 0 fully saturated rings. The molecular weight excluding hydrogens is 364 g/mol. The molecule has 0 radical (unpaired) electrons. The normalized spacial score (nSPS) is 10.8. The second-order valence-corrected chi connectivity index (χ2v) is 7.21. The van der Waals surface area contributed by atoms with Crippen LogP contribution in [0.4, 0.5) is 5.13 Å². The number of benzene rings is 1. The molecule has 3 rings (SSSR count). The zero-order valence-electron chi connectivity index (χ0n) is 15.3. The number of aromatic nitrogens is 3. The zero-order chi connectivity index (χ0) is 19.6. The first-order chi connectivity index (χ1) is 12.8. The van der Waals surface area contributed by atoms with Gasteiger partial charge < -0.3 is 10.3 Å². The molecule has 7 nitrogen and oxygen atoms in total. The number of H-pyrrole nitrogens is 1. The van der Waals surface area contributed by atoms with Crippen LogP contribution in [0.5, 0.6) is 0 Å². The van der Waals surface area contributed by atoms with Gasteiger partial charge in [-0.2, -0.15) is 0 Å². The fourth-order valence-electron chi connectivity index (χ4n) is 2.68. The van der Waals surface area contributed by atoms with Gasteiger partial charge in [-0.25, -0.2) is 9.78 Å². The number of rotatable bonds is 5. The molecule has 2 aromatic heterocycles. The Morgan fingerprint density at radius 2 is 1.93 bits per heavy atom. The molecule has 8 heteroatoms. The Balaban J connectivity index is 1.66. The summed E-state index contributed by atoms with van der Waals surface area (Å²) in [5.41, 5.74) is 3.06. The lowest BCUT2D eigenvalue weighted by molar-refractivity contribution is -0.116. The van der Waals surface area contributed by atoms with Crippen molar-refractivity contribution >= 4 is 22.4 Å². The Hall–Kier alpha value is -3.00. The van der Waals surface area contributed by atoms with Gasteiger partial charge in [-0.3, -0.25) is 14.2 Å². The van der Waals surface area contributed by atoms with E-state index in [0.717, 1.165) is 15.8 Å². The van der Waals surface area contributed by atoms with Gasteiger partial charge in [0.05, 0.1) is 5.69 Å². The summed E-state index contributed by atoms with van der Waals surface area (Å²) < 4.78 is 1.01. The van der Waals surface area contributed by atoms with Gasteiger partial charge >= 0.3 is 5.69 Å². The smallest absolute Gasteiger partial charge is 0.311 e. The van der Waals surface area contributed by atoms with Crippen LogP contribution in [0, 0.1) is 13.8 Å². The van der Waals surface area contributed by atoms with E-state index >= 15 is 0 Å². The van der Waals surface area contributed by atoms with E-state index in [2.05, 4.69) is 15.3 Å². The molecular formula is C19H20N4O3S. The first-order valence-corrected chi connectivity index (χ1v) is 9.34. The number of nitrogens with one attached hydrogen (secondary N) is 2. The summed E-state index contributed by atoms with van der Waals surface area (Å²) in [6.07, 6.45) is 0.374. The number of carbonyl (C=O) groups is 1. The molecule has 0 saturated heterocycles. The number of amides is 1. The predicted octanol–water partition coefficient (Wildman–Crippen LogP) is 2.39. The summed E-state index contributed by atoms with van der Waals surface area (Å²) in [4.78, 5) is 43.0. The van der Waals surface area contributed by atoms with Crippen molar-refractivity contribution in [3.63, 3.8) is 0 Å². The number of aryl methyl sites for hydroxylation is 2. The third kappa shape index (κ3) is 4.22. The molecule has 0 saturated carbocycles. The lowest BCUT2D eigenvalue weighted by Gasteiger charge is -2.06. The molecule has 1 amide bonds. The van der Waals surface area contributed by atoms with Crippen molar-refractivity contribution in [1.82, 2.24) is 14.5 Å². The minimum atomic E-state index is -0.461. The summed E-state index contributed by atoms with van der Waals surface area (Å²) in [6, 6.07) is 8.01. The van der Waals surface area contributed by atoms with Crippen molar-refractivity contribution in [1.29, 1.82) is 0 Å². The Morgan fingerprint density at radius 1 is 1.22 bits per heavy atom. The molecule has 140 valence electrons. The largest absolute Gasteiger partial charge is 0.328 e. The Kier molecular flexibility index (Phi) is 5.36. The van der Waals surface area contributed by atoms with Crippen LogP contribution >= 0.6 is 11.3 Å². The second kappa shape index (κ2) is 7.71. The maximum Gasteiger partial charge on any atom is 0.328 e. The van der Waals surface area contributed by atoms with Crippen LogP contribution in [0.15, 0.2) is 39.2 Å². The monoisotopic (exact) mass is 384 g/mol. The fourth-order valence-corrected chi connectivity index (χ4v) is 3.41. The van der Waals surface area contributed by atoms with E-state index in [9.17, 15) is 14.4 Å². The number of anilines is 1. The van der Waals surface area contributed by atoms with Crippen molar-refractivity contribution < 1.29 is 4.79 Å². The molecule has 2 N–H and O–H groups in total. The summed E-state index contributed by atoms with van der Waals surface area (Å²) in [5.74, 6) is -0.229. The van der Waals surface area contributed by atoms with Crippen LogP contribution in [0.2, 0.25) is 0 Å². The number of hydrogen-bond acceptors (Lipinski definition) is 5. The van der Waals surface area contributed by atoms with Gasteiger partial charge in [0, 0.05) is 35.7 Å². The summed E-state index contributed by atoms with van der Waals surface area (Å²) in [7, 11) is 1.41. The fraction of sp³-hybridized carbons (Fsp3) is 0.263. The minimum absolute atomic E-state index is 0.127. The van der Waals surface area contributed by atoms with Crippen LogP contribution in [0.25, 0.3) is 11.3 Å². The van der Waals surface area contributed by atoms with E-state index in [4.69, 9.17) is 0 Å². The van der Waals surface area contributed by atoms with Gasteiger partial charge in [0.1, 0.15) is 0 Å². The molecule has 3 aromatic rings. The molecule has 0 aliphatic heterocycles. The molecule has 0 bridgehead atoms. The van der Waals surface area contributed by atoms with Crippen molar-refractivity contribution in [3.8, 4) is 11.3 Å². The molecule has 0 aliphatic rings. The van der Waals surface area contributed by atoms with Crippen LogP contribution < -0.4 is 16.6 Å². The summed E-state index contributed by atoms with van der Waals surface area (Å²) >= 11 is 1.35. The predicted molar refractivity (Wildman–Crippen MR) is 106 cm³/mol. The van der Waals surface area contributed by atoms with Crippen molar-refractivity contribution in [2.75, 3.05) is 5.32 Å². The van der Waals surface area contributed by atoms with E-state index < -0.39 is 5.69 Å². The number of hydrogen-bond donors (Lipinski definition) is 2. The van der Waals surface area contributed by atoms with E-state index in [0.29, 0.717) is 16.4 Å². The van der Waals surface area contributed by atoms with Gasteiger partial charge in [0.25, 0.3) is 5.56 Å². The maximum atomic E-state index is 12.2. The first kappa shape index (κ1) is 18.8. The third-order valence-corrected chi connectivity index (χ3v) is 5.07. The van der Waals surface area contributed by atoms with Crippen LogP contribution in [-0.2, 0) is 18.3 Å². The van der Waals surface area contributed by atoms with Crippen LogP contribution in [-0.4, -0.2) is 20.4 Å². The molecule has 0 spiro atoms. The van der Waals surface area contributed by atoms with E-state index in [1.165, 1.54) is 23.9 Å². The Bertz CT molecular complexity index is 1090. The quantitative estimate of drug-likeness (QED) is 0.706. The molecule has 1 aromatic carbocycles. The van der Waals surface area contributed by atoms with Gasteiger partial charge in [0.15, 0.2) is 5.13 Å². The zero-order valence-corrected chi connectivity index (χ0v) is 16.1. The number of nitrogens with zero attached hydrogens (tertiary/aromatic N) is 2. The molecule has 2 heterocycles. The van der Waals surface area contributed by atoms with Gasteiger partial charge in [-0.15, -0.1) is 11.3 Å². The lowest BCUT2D eigenvalue weighted by atomic mass is 10.1. The number of carbonyl (C=O) groups excluding carboxylic acids is 1. The molecule has 0 unspecified atom stereocenters. The van der Waals surface area contributed by atoms with E-state index in [-0.39, 0.29) is 24.3 Å². The van der Waals surface area contributed by atoms with Gasteiger partial charge in [-0.05, 0) is 20.3 Å². The molecule has 27 heavy (non-hydrogen) atoms. The van der Waals surface area contributed by atoms with Crippen LogP contribution in [0.3, 0.4) is 0 Å². The van der Waals surface area contributed by atoms with Crippen LogP contribution in [0.1, 0.15) is 23.2 Å².